The van der Waals surface area contributed by atoms with Crippen LogP contribution in [0, 0.1) is 5.82 Å². The summed E-state index contributed by atoms with van der Waals surface area (Å²) in [4.78, 5) is 23.3. The third-order valence-electron chi connectivity index (χ3n) is 2.79. The first-order chi connectivity index (χ1) is 9.52. The fourth-order valence-electron chi connectivity index (χ4n) is 1.77. The standard InChI is InChI=1S/C14H12FNO3S/c1-2-8-5-6-20-12(8)13(17)16-9-3-4-10(14(18)19)11(15)7-9/h3-7H,2H2,1H3,(H,16,17)(H,18,19). The normalized spacial score (nSPS) is 10.3. The Kier molecular flexibility index (Phi) is 4.14. The number of carboxylic acid groups (broad SMARTS) is 1. The molecule has 4 nitrogen and oxygen atoms in total. The van der Waals surface area contributed by atoms with Crippen molar-refractivity contribution in [3.63, 3.8) is 0 Å². The van der Waals surface area contributed by atoms with Gasteiger partial charge in [0.05, 0.1) is 10.4 Å². The summed E-state index contributed by atoms with van der Waals surface area (Å²) in [5, 5.41) is 13.1. The van der Waals surface area contributed by atoms with Crippen molar-refractivity contribution in [2.45, 2.75) is 13.3 Å². The van der Waals surface area contributed by atoms with Crippen LogP contribution in [0.3, 0.4) is 0 Å². The summed E-state index contributed by atoms with van der Waals surface area (Å²) in [6, 6.07) is 5.36. The first kappa shape index (κ1) is 14.2. The van der Waals surface area contributed by atoms with Crippen molar-refractivity contribution < 1.29 is 19.1 Å². The molecule has 0 aliphatic carbocycles. The van der Waals surface area contributed by atoms with E-state index in [4.69, 9.17) is 5.11 Å². The first-order valence-corrected chi connectivity index (χ1v) is 6.81. The average Bonchev–Trinajstić information content (AvgIpc) is 2.86. The Bertz CT molecular complexity index is 666. The van der Waals surface area contributed by atoms with E-state index in [2.05, 4.69) is 5.32 Å². The summed E-state index contributed by atoms with van der Waals surface area (Å²) in [6.07, 6.45) is 0.735. The van der Waals surface area contributed by atoms with E-state index in [-0.39, 0.29) is 11.6 Å². The summed E-state index contributed by atoms with van der Waals surface area (Å²) in [5.41, 5.74) is 0.733. The predicted octanol–water partition coefficient (Wildman–Crippen LogP) is 3.40. The minimum Gasteiger partial charge on any atom is -0.478 e. The number of rotatable bonds is 4. The largest absolute Gasteiger partial charge is 0.478 e. The Morgan fingerprint density at radius 3 is 2.70 bits per heavy atom. The quantitative estimate of drug-likeness (QED) is 0.908. The van der Waals surface area contributed by atoms with Gasteiger partial charge in [-0.3, -0.25) is 4.79 Å². The molecule has 1 aromatic carbocycles. The van der Waals surface area contributed by atoms with Crippen molar-refractivity contribution >= 4 is 28.9 Å². The SMILES string of the molecule is CCc1ccsc1C(=O)Nc1ccc(C(=O)O)c(F)c1. The molecule has 2 rings (SSSR count). The van der Waals surface area contributed by atoms with Gasteiger partial charge < -0.3 is 10.4 Å². The molecule has 0 atom stereocenters. The Balaban J connectivity index is 2.20. The lowest BCUT2D eigenvalue weighted by atomic mass is 10.1. The van der Waals surface area contributed by atoms with E-state index in [0.717, 1.165) is 24.1 Å². The Labute approximate surface area is 118 Å². The summed E-state index contributed by atoms with van der Waals surface area (Å²) in [6.45, 7) is 1.94. The number of nitrogens with one attached hydrogen (secondary N) is 1. The number of halogens is 1. The van der Waals surface area contributed by atoms with Gasteiger partial charge in [-0.25, -0.2) is 9.18 Å². The van der Waals surface area contributed by atoms with E-state index in [1.807, 2.05) is 18.4 Å². The van der Waals surface area contributed by atoms with Crippen LogP contribution in [0.5, 0.6) is 0 Å². The zero-order chi connectivity index (χ0) is 14.7. The molecule has 1 amide bonds. The van der Waals surface area contributed by atoms with E-state index in [0.29, 0.717) is 4.88 Å². The predicted molar refractivity (Wildman–Crippen MR) is 75.0 cm³/mol. The maximum Gasteiger partial charge on any atom is 0.338 e. The molecule has 6 heteroatoms. The van der Waals surface area contributed by atoms with Gasteiger partial charge >= 0.3 is 5.97 Å². The molecule has 0 spiro atoms. The van der Waals surface area contributed by atoms with E-state index < -0.39 is 17.3 Å². The van der Waals surface area contributed by atoms with Crippen LogP contribution in [0.2, 0.25) is 0 Å². The highest BCUT2D eigenvalue weighted by molar-refractivity contribution is 7.12. The topological polar surface area (TPSA) is 66.4 Å². The number of hydrogen-bond acceptors (Lipinski definition) is 3. The lowest BCUT2D eigenvalue weighted by Crippen LogP contribution is -2.12. The maximum absolute atomic E-state index is 13.5. The fraction of sp³-hybridized carbons (Fsp3) is 0.143. The molecule has 0 bridgehead atoms. The molecule has 0 aliphatic rings. The van der Waals surface area contributed by atoms with Crippen LogP contribution in [-0.4, -0.2) is 17.0 Å². The summed E-state index contributed by atoms with van der Waals surface area (Å²) in [7, 11) is 0. The Hall–Kier alpha value is -2.21. The molecule has 0 saturated heterocycles. The van der Waals surface area contributed by atoms with E-state index in [1.165, 1.54) is 17.4 Å². The number of aromatic carboxylic acids is 1. The minimum atomic E-state index is -1.34. The number of aryl methyl sites for hydroxylation is 1. The van der Waals surface area contributed by atoms with Crippen molar-refractivity contribution in [1.82, 2.24) is 0 Å². The lowest BCUT2D eigenvalue weighted by Gasteiger charge is -2.06. The summed E-state index contributed by atoms with van der Waals surface area (Å²) in [5.74, 6) is -2.54. The van der Waals surface area contributed by atoms with Crippen LogP contribution in [0.1, 0.15) is 32.5 Å². The fourth-order valence-corrected chi connectivity index (χ4v) is 2.66. The molecule has 1 heterocycles. The van der Waals surface area contributed by atoms with E-state index in [1.54, 1.807) is 0 Å². The van der Waals surface area contributed by atoms with E-state index >= 15 is 0 Å². The summed E-state index contributed by atoms with van der Waals surface area (Å²) < 4.78 is 13.5. The molecular weight excluding hydrogens is 281 g/mol. The maximum atomic E-state index is 13.5. The molecule has 1 aromatic heterocycles. The molecule has 0 saturated carbocycles. The van der Waals surface area contributed by atoms with E-state index in [9.17, 15) is 14.0 Å². The van der Waals surface area contributed by atoms with Gasteiger partial charge in [0, 0.05) is 5.69 Å². The van der Waals surface area contributed by atoms with Gasteiger partial charge in [0.25, 0.3) is 5.91 Å². The molecule has 0 unspecified atom stereocenters. The number of carbonyl (C=O) groups is 2. The van der Waals surface area contributed by atoms with Crippen LogP contribution < -0.4 is 5.32 Å². The van der Waals surface area contributed by atoms with Crippen LogP contribution in [0.4, 0.5) is 10.1 Å². The van der Waals surface area contributed by atoms with Gasteiger partial charge in [0.1, 0.15) is 5.82 Å². The van der Waals surface area contributed by atoms with Gasteiger partial charge in [0.2, 0.25) is 0 Å². The molecule has 0 radical (unpaired) electrons. The van der Waals surface area contributed by atoms with Crippen molar-refractivity contribution in [2.24, 2.45) is 0 Å². The number of hydrogen-bond donors (Lipinski definition) is 2. The molecule has 20 heavy (non-hydrogen) atoms. The molecule has 0 fully saturated rings. The van der Waals surface area contributed by atoms with Crippen LogP contribution in [0.25, 0.3) is 0 Å². The molecule has 0 aliphatic heterocycles. The number of carboxylic acids is 1. The average molecular weight is 293 g/mol. The smallest absolute Gasteiger partial charge is 0.338 e. The highest BCUT2D eigenvalue weighted by atomic mass is 32.1. The Morgan fingerprint density at radius 1 is 1.35 bits per heavy atom. The van der Waals surface area contributed by atoms with Gasteiger partial charge in [0.15, 0.2) is 0 Å². The Morgan fingerprint density at radius 2 is 2.10 bits per heavy atom. The number of carbonyl (C=O) groups excluding carboxylic acids is 1. The van der Waals surface area contributed by atoms with Crippen molar-refractivity contribution in [1.29, 1.82) is 0 Å². The van der Waals surface area contributed by atoms with Crippen molar-refractivity contribution in [3.8, 4) is 0 Å². The zero-order valence-corrected chi connectivity index (χ0v) is 11.5. The second kappa shape index (κ2) is 5.83. The minimum absolute atomic E-state index is 0.230. The second-order valence-corrected chi connectivity index (χ2v) is 5.00. The van der Waals surface area contributed by atoms with Crippen LogP contribution >= 0.6 is 11.3 Å². The lowest BCUT2D eigenvalue weighted by molar-refractivity contribution is 0.0692. The molecule has 2 aromatic rings. The highest BCUT2D eigenvalue weighted by Gasteiger charge is 2.14. The highest BCUT2D eigenvalue weighted by Crippen LogP contribution is 2.20. The number of benzene rings is 1. The third kappa shape index (κ3) is 2.85. The molecular formula is C14H12FNO3S. The number of amides is 1. The van der Waals surface area contributed by atoms with Crippen molar-refractivity contribution in [2.75, 3.05) is 5.32 Å². The molecule has 104 valence electrons. The van der Waals surface area contributed by atoms with Crippen LogP contribution in [-0.2, 0) is 6.42 Å². The second-order valence-electron chi connectivity index (χ2n) is 4.08. The van der Waals surface area contributed by atoms with Gasteiger partial charge in [-0.1, -0.05) is 6.92 Å². The van der Waals surface area contributed by atoms with Gasteiger partial charge in [-0.15, -0.1) is 11.3 Å². The van der Waals surface area contributed by atoms with Gasteiger partial charge in [-0.05, 0) is 41.6 Å². The monoisotopic (exact) mass is 293 g/mol. The first-order valence-electron chi connectivity index (χ1n) is 5.93. The van der Waals surface area contributed by atoms with Gasteiger partial charge in [-0.2, -0.15) is 0 Å². The number of anilines is 1. The summed E-state index contributed by atoms with van der Waals surface area (Å²) >= 11 is 1.31. The van der Waals surface area contributed by atoms with Crippen molar-refractivity contribution in [3.05, 3.63) is 51.5 Å². The number of thiophene rings is 1. The zero-order valence-electron chi connectivity index (χ0n) is 10.6. The van der Waals surface area contributed by atoms with Crippen LogP contribution in [0.15, 0.2) is 29.6 Å². The third-order valence-corrected chi connectivity index (χ3v) is 3.75. The molecule has 2 N–H and O–H groups in total.